The van der Waals surface area contributed by atoms with Crippen molar-refractivity contribution in [1.82, 2.24) is 5.32 Å². The molecule has 0 bridgehead atoms. The molecule has 1 unspecified atom stereocenters. The van der Waals surface area contributed by atoms with Crippen molar-refractivity contribution in [3.05, 3.63) is 11.3 Å². The van der Waals surface area contributed by atoms with Gasteiger partial charge in [0.1, 0.15) is 0 Å². The summed E-state index contributed by atoms with van der Waals surface area (Å²) >= 11 is 1.53. The van der Waals surface area contributed by atoms with Gasteiger partial charge in [-0.3, -0.25) is 4.79 Å². The van der Waals surface area contributed by atoms with Gasteiger partial charge in [-0.15, -0.1) is 0 Å². The Morgan fingerprint density at radius 1 is 1.53 bits per heavy atom. The molecule has 4 heteroatoms. The van der Waals surface area contributed by atoms with Gasteiger partial charge >= 0.3 is 0 Å². The van der Waals surface area contributed by atoms with E-state index in [2.05, 4.69) is 31.1 Å². The molecule has 0 aromatic carbocycles. The zero-order chi connectivity index (χ0) is 12.8. The molecule has 0 saturated heterocycles. The van der Waals surface area contributed by atoms with Gasteiger partial charge in [0, 0.05) is 17.5 Å². The molecule has 0 aromatic heterocycles. The molecule has 96 valence electrons. The Balaban J connectivity index is 2.51. The summed E-state index contributed by atoms with van der Waals surface area (Å²) in [5, 5.41) is 3.61. The lowest BCUT2D eigenvalue weighted by Crippen LogP contribution is -2.37. The summed E-state index contributed by atoms with van der Waals surface area (Å²) in [7, 11) is 0. The molecule has 0 aliphatic carbocycles. The van der Waals surface area contributed by atoms with Crippen molar-refractivity contribution in [3.63, 3.8) is 0 Å². The first kappa shape index (κ1) is 14.3. The predicted octanol–water partition coefficient (Wildman–Crippen LogP) is 3.12. The Morgan fingerprint density at radius 2 is 2.24 bits per heavy atom. The van der Waals surface area contributed by atoms with Crippen LogP contribution in [0.15, 0.2) is 16.3 Å². The van der Waals surface area contributed by atoms with E-state index in [1.165, 1.54) is 17.3 Å². The second-order valence-corrected chi connectivity index (χ2v) is 5.55. The normalized spacial score (nSPS) is 17.8. The van der Waals surface area contributed by atoms with E-state index in [9.17, 15) is 4.79 Å². The Bertz CT molecular complexity index is 347. The van der Waals surface area contributed by atoms with Crippen LogP contribution in [-0.2, 0) is 4.79 Å². The minimum atomic E-state index is -0.0227. The molecular formula is C13H22N2OS. The number of nitrogens with zero attached hydrogens (tertiary/aromatic N) is 1. The van der Waals surface area contributed by atoms with Crippen LogP contribution in [0.1, 0.15) is 47.0 Å². The van der Waals surface area contributed by atoms with Gasteiger partial charge in [-0.1, -0.05) is 31.5 Å². The van der Waals surface area contributed by atoms with Gasteiger partial charge in [0.05, 0.1) is 0 Å². The van der Waals surface area contributed by atoms with Gasteiger partial charge in [-0.05, 0) is 32.8 Å². The molecule has 1 amide bonds. The monoisotopic (exact) mass is 254 g/mol. The van der Waals surface area contributed by atoms with Crippen molar-refractivity contribution in [2.24, 2.45) is 4.99 Å². The van der Waals surface area contributed by atoms with E-state index in [1.54, 1.807) is 0 Å². The molecule has 17 heavy (non-hydrogen) atoms. The maximum atomic E-state index is 11.9. The molecule has 3 nitrogen and oxygen atoms in total. The zero-order valence-corrected chi connectivity index (χ0v) is 12.0. The molecule has 0 radical (unpaired) electrons. The van der Waals surface area contributed by atoms with E-state index < -0.39 is 0 Å². The second-order valence-electron chi connectivity index (χ2n) is 4.59. The highest BCUT2D eigenvalue weighted by Gasteiger charge is 2.18. The molecule has 1 atom stereocenters. The van der Waals surface area contributed by atoms with Crippen molar-refractivity contribution >= 4 is 22.7 Å². The Hall–Kier alpha value is -0.770. The Morgan fingerprint density at radius 3 is 2.82 bits per heavy atom. The first-order chi connectivity index (χ1) is 8.04. The van der Waals surface area contributed by atoms with Gasteiger partial charge in [0.2, 0.25) is 0 Å². The standard InChI is InChI=1S/C13H22N2OS/c1-5-6-7-10(3)14-12(16)13-15-11(4)9(2)8-17-13/h10H,5-8H2,1-4H3,(H,14,16). The number of thioether (sulfide) groups is 1. The Labute approximate surface area is 108 Å². The van der Waals surface area contributed by atoms with E-state index in [0.29, 0.717) is 5.04 Å². The summed E-state index contributed by atoms with van der Waals surface area (Å²) in [6.45, 7) is 8.23. The minimum Gasteiger partial charge on any atom is -0.348 e. The first-order valence-corrected chi connectivity index (χ1v) is 7.21. The fourth-order valence-corrected chi connectivity index (χ4v) is 2.50. The van der Waals surface area contributed by atoms with E-state index >= 15 is 0 Å². The summed E-state index contributed by atoms with van der Waals surface area (Å²) in [4.78, 5) is 16.3. The number of nitrogens with one attached hydrogen (secondary N) is 1. The molecule has 1 N–H and O–H groups in total. The Kier molecular flexibility index (Phi) is 5.75. The van der Waals surface area contributed by atoms with Crippen molar-refractivity contribution < 1.29 is 4.79 Å². The number of carbonyl (C=O) groups excluding carboxylic acids is 1. The quantitative estimate of drug-likeness (QED) is 0.819. The van der Waals surface area contributed by atoms with Crippen LogP contribution in [0.25, 0.3) is 0 Å². The lowest BCUT2D eigenvalue weighted by atomic mass is 10.1. The summed E-state index contributed by atoms with van der Waals surface area (Å²) < 4.78 is 0. The second kappa shape index (κ2) is 6.84. The highest BCUT2D eigenvalue weighted by atomic mass is 32.2. The molecule has 0 fully saturated rings. The predicted molar refractivity (Wildman–Crippen MR) is 75.4 cm³/mol. The lowest BCUT2D eigenvalue weighted by Gasteiger charge is -2.17. The van der Waals surface area contributed by atoms with Crippen LogP contribution >= 0.6 is 11.8 Å². The zero-order valence-electron chi connectivity index (χ0n) is 11.2. The first-order valence-electron chi connectivity index (χ1n) is 6.23. The minimum absolute atomic E-state index is 0.0227. The average Bonchev–Trinajstić information content (AvgIpc) is 2.30. The average molecular weight is 254 g/mol. The SMILES string of the molecule is CCCCC(C)NC(=O)C1=NC(C)=C(C)CS1. The molecular weight excluding hydrogens is 232 g/mol. The van der Waals surface area contributed by atoms with Crippen LogP contribution in [0.3, 0.4) is 0 Å². The van der Waals surface area contributed by atoms with E-state index in [4.69, 9.17) is 0 Å². The smallest absolute Gasteiger partial charge is 0.276 e. The lowest BCUT2D eigenvalue weighted by molar-refractivity contribution is -0.115. The fraction of sp³-hybridized carbons (Fsp3) is 0.692. The third-order valence-electron chi connectivity index (χ3n) is 2.87. The number of unbranched alkanes of at least 4 members (excludes halogenated alkanes) is 1. The van der Waals surface area contributed by atoms with E-state index in [1.807, 2.05) is 6.92 Å². The van der Waals surface area contributed by atoms with Gasteiger partial charge in [0.15, 0.2) is 5.04 Å². The number of hydrogen-bond donors (Lipinski definition) is 1. The molecule has 1 aliphatic rings. The van der Waals surface area contributed by atoms with Crippen LogP contribution < -0.4 is 5.32 Å². The number of aliphatic imine (C=N–C) groups is 1. The van der Waals surface area contributed by atoms with E-state index in [0.717, 1.165) is 30.7 Å². The highest BCUT2D eigenvalue weighted by Crippen LogP contribution is 2.21. The maximum Gasteiger partial charge on any atom is 0.276 e. The fourth-order valence-electron chi connectivity index (χ4n) is 1.55. The molecule has 0 aromatic rings. The van der Waals surface area contributed by atoms with Crippen LogP contribution in [0.2, 0.25) is 0 Å². The van der Waals surface area contributed by atoms with Gasteiger partial charge in [-0.2, -0.15) is 0 Å². The third-order valence-corrected chi connectivity index (χ3v) is 4.00. The highest BCUT2D eigenvalue weighted by molar-refractivity contribution is 8.15. The van der Waals surface area contributed by atoms with Crippen molar-refractivity contribution in [1.29, 1.82) is 0 Å². The number of allylic oxidation sites excluding steroid dienone is 1. The molecule has 1 rings (SSSR count). The summed E-state index contributed by atoms with van der Waals surface area (Å²) in [5.41, 5.74) is 2.24. The molecule has 0 spiro atoms. The molecule has 1 heterocycles. The van der Waals surface area contributed by atoms with Crippen molar-refractivity contribution in [2.75, 3.05) is 5.75 Å². The van der Waals surface area contributed by atoms with Crippen LogP contribution in [0, 0.1) is 0 Å². The topological polar surface area (TPSA) is 41.5 Å². The van der Waals surface area contributed by atoms with Crippen molar-refractivity contribution in [3.8, 4) is 0 Å². The van der Waals surface area contributed by atoms with Crippen molar-refractivity contribution in [2.45, 2.75) is 53.0 Å². The molecule has 0 saturated carbocycles. The van der Waals surface area contributed by atoms with Gasteiger partial charge < -0.3 is 5.32 Å². The van der Waals surface area contributed by atoms with Crippen LogP contribution in [0.5, 0.6) is 0 Å². The van der Waals surface area contributed by atoms with Gasteiger partial charge in [-0.25, -0.2) is 4.99 Å². The van der Waals surface area contributed by atoms with Crippen LogP contribution in [0.4, 0.5) is 0 Å². The maximum absolute atomic E-state index is 11.9. The number of amides is 1. The summed E-state index contributed by atoms with van der Waals surface area (Å²) in [5.74, 6) is 0.854. The largest absolute Gasteiger partial charge is 0.348 e. The number of hydrogen-bond acceptors (Lipinski definition) is 3. The summed E-state index contributed by atoms with van der Waals surface area (Å²) in [6, 6.07) is 0.234. The molecule has 1 aliphatic heterocycles. The number of rotatable bonds is 5. The van der Waals surface area contributed by atoms with Gasteiger partial charge in [0.25, 0.3) is 5.91 Å². The van der Waals surface area contributed by atoms with E-state index in [-0.39, 0.29) is 11.9 Å². The summed E-state index contributed by atoms with van der Waals surface area (Å²) in [6.07, 6.45) is 3.35. The third kappa shape index (κ3) is 4.54. The number of carbonyl (C=O) groups is 1. The van der Waals surface area contributed by atoms with Crippen LogP contribution in [-0.4, -0.2) is 22.7 Å².